The van der Waals surface area contributed by atoms with Crippen molar-refractivity contribution >= 4 is 23.4 Å². The lowest BCUT2D eigenvalue weighted by Gasteiger charge is -2.20. The number of hydrogen-bond donors (Lipinski definition) is 2. The van der Waals surface area contributed by atoms with Gasteiger partial charge < -0.3 is 11.1 Å². The van der Waals surface area contributed by atoms with E-state index in [1.807, 2.05) is 42.5 Å². The monoisotopic (exact) mass is 300 g/mol. The number of benzene rings is 2. The lowest BCUT2D eigenvalue weighted by Crippen LogP contribution is -2.14. The first-order valence-electron chi connectivity index (χ1n) is 7.02. The van der Waals surface area contributed by atoms with Crippen LogP contribution in [0.4, 0.5) is 5.69 Å². The molecule has 2 rings (SSSR count). The Morgan fingerprint density at radius 2 is 1.81 bits per heavy atom. The zero-order valence-corrected chi connectivity index (χ0v) is 12.9. The van der Waals surface area contributed by atoms with Gasteiger partial charge in [-0.15, -0.1) is 11.8 Å². The molecule has 0 bridgehead atoms. The fraction of sp³-hybridized carbons (Fsp3) is 0.235. The molecular formula is C17H20N2OS. The second-order valence-corrected chi connectivity index (χ2v) is 5.78. The van der Waals surface area contributed by atoms with Gasteiger partial charge in [0.05, 0.1) is 11.8 Å². The number of anilines is 1. The maximum atomic E-state index is 11.0. The molecule has 0 fully saturated rings. The second-order valence-electron chi connectivity index (χ2n) is 4.77. The molecule has 0 spiro atoms. The minimum Gasteiger partial charge on any atom is -0.377 e. The van der Waals surface area contributed by atoms with Crippen molar-refractivity contribution in [2.24, 2.45) is 5.73 Å². The van der Waals surface area contributed by atoms with Crippen molar-refractivity contribution in [1.29, 1.82) is 0 Å². The standard InChI is InChI=1S/C17H20N2OS/c1-2-14(13-8-4-3-5-9-13)19-15-10-6-7-11-16(15)21-12-17(18)20/h3-11,14,19H,2,12H2,1H3,(H2,18,20). The van der Waals surface area contributed by atoms with Crippen LogP contribution in [0.5, 0.6) is 0 Å². The van der Waals surface area contributed by atoms with E-state index >= 15 is 0 Å². The van der Waals surface area contributed by atoms with Gasteiger partial charge in [0.25, 0.3) is 0 Å². The van der Waals surface area contributed by atoms with E-state index in [1.54, 1.807) is 0 Å². The van der Waals surface area contributed by atoms with E-state index in [-0.39, 0.29) is 11.9 Å². The van der Waals surface area contributed by atoms with E-state index in [4.69, 9.17) is 5.73 Å². The predicted molar refractivity (Wildman–Crippen MR) is 89.5 cm³/mol. The van der Waals surface area contributed by atoms with Gasteiger partial charge in [0.2, 0.25) is 5.91 Å². The highest BCUT2D eigenvalue weighted by molar-refractivity contribution is 8.00. The van der Waals surface area contributed by atoms with Crippen LogP contribution in [0.25, 0.3) is 0 Å². The summed E-state index contributed by atoms with van der Waals surface area (Å²) in [7, 11) is 0. The Labute approximate surface area is 129 Å². The summed E-state index contributed by atoms with van der Waals surface area (Å²) in [5.41, 5.74) is 7.53. The van der Waals surface area contributed by atoms with E-state index in [0.29, 0.717) is 5.75 Å². The van der Waals surface area contributed by atoms with Crippen LogP contribution in [-0.2, 0) is 4.79 Å². The van der Waals surface area contributed by atoms with Crippen molar-refractivity contribution in [3.05, 3.63) is 60.2 Å². The SMILES string of the molecule is CCC(Nc1ccccc1SCC(N)=O)c1ccccc1. The molecule has 0 heterocycles. The van der Waals surface area contributed by atoms with Crippen LogP contribution < -0.4 is 11.1 Å². The number of carbonyl (C=O) groups is 1. The van der Waals surface area contributed by atoms with Gasteiger partial charge in [-0.05, 0) is 24.1 Å². The average Bonchev–Trinajstić information content (AvgIpc) is 2.52. The van der Waals surface area contributed by atoms with Gasteiger partial charge in [0, 0.05) is 10.6 Å². The van der Waals surface area contributed by atoms with Gasteiger partial charge in [-0.2, -0.15) is 0 Å². The molecule has 2 aromatic rings. The largest absolute Gasteiger partial charge is 0.377 e. The van der Waals surface area contributed by atoms with Crippen LogP contribution >= 0.6 is 11.8 Å². The topological polar surface area (TPSA) is 55.1 Å². The fourth-order valence-electron chi connectivity index (χ4n) is 2.15. The highest BCUT2D eigenvalue weighted by Gasteiger charge is 2.11. The number of nitrogens with two attached hydrogens (primary N) is 1. The van der Waals surface area contributed by atoms with E-state index in [0.717, 1.165) is 17.0 Å². The molecule has 0 saturated carbocycles. The highest BCUT2D eigenvalue weighted by Crippen LogP contribution is 2.30. The molecule has 4 heteroatoms. The number of nitrogens with one attached hydrogen (secondary N) is 1. The minimum absolute atomic E-state index is 0.251. The lowest BCUT2D eigenvalue weighted by molar-refractivity contribution is -0.115. The first-order valence-corrected chi connectivity index (χ1v) is 8.01. The third-order valence-electron chi connectivity index (χ3n) is 3.20. The Kier molecular flexibility index (Phi) is 5.69. The fourth-order valence-corrected chi connectivity index (χ4v) is 2.91. The molecule has 0 aliphatic heterocycles. The smallest absolute Gasteiger partial charge is 0.227 e. The summed E-state index contributed by atoms with van der Waals surface area (Å²) in [4.78, 5) is 12.0. The predicted octanol–water partition coefficient (Wildman–Crippen LogP) is 3.83. The zero-order valence-electron chi connectivity index (χ0n) is 12.1. The van der Waals surface area contributed by atoms with Gasteiger partial charge in [-0.25, -0.2) is 0 Å². The quantitative estimate of drug-likeness (QED) is 0.764. The van der Waals surface area contributed by atoms with Crippen LogP contribution in [0.2, 0.25) is 0 Å². The number of thioether (sulfide) groups is 1. The molecule has 0 aliphatic rings. The van der Waals surface area contributed by atoms with Gasteiger partial charge >= 0.3 is 0 Å². The normalized spacial score (nSPS) is 11.9. The molecule has 0 saturated heterocycles. The van der Waals surface area contributed by atoms with Crippen molar-refractivity contribution < 1.29 is 4.79 Å². The summed E-state index contributed by atoms with van der Waals surface area (Å²) in [6.07, 6.45) is 0.985. The number of hydrogen-bond acceptors (Lipinski definition) is 3. The van der Waals surface area contributed by atoms with Crippen molar-refractivity contribution in [3.63, 3.8) is 0 Å². The van der Waals surface area contributed by atoms with Gasteiger partial charge in [-0.1, -0.05) is 49.4 Å². The van der Waals surface area contributed by atoms with Crippen molar-refractivity contribution in [3.8, 4) is 0 Å². The highest BCUT2D eigenvalue weighted by atomic mass is 32.2. The van der Waals surface area contributed by atoms with Crippen LogP contribution in [0.15, 0.2) is 59.5 Å². The molecule has 3 N–H and O–H groups in total. The van der Waals surface area contributed by atoms with Crippen molar-refractivity contribution in [1.82, 2.24) is 0 Å². The third-order valence-corrected chi connectivity index (χ3v) is 4.29. The first kappa shape index (κ1) is 15.4. The van der Waals surface area contributed by atoms with E-state index < -0.39 is 0 Å². The molecule has 110 valence electrons. The van der Waals surface area contributed by atoms with Gasteiger partial charge in [0.15, 0.2) is 0 Å². The molecule has 3 nitrogen and oxygen atoms in total. The van der Waals surface area contributed by atoms with Crippen molar-refractivity contribution in [2.45, 2.75) is 24.3 Å². The Balaban J connectivity index is 2.16. The maximum Gasteiger partial charge on any atom is 0.227 e. The second kappa shape index (κ2) is 7.74. The summed E-state index contributed by atoms with van der Waals surface area (Å²) in [5.74, 6) is -0.00853. The lowest BCUT2D eigenvalue weighted by atomic mass is 10.0. The van der Waals surface area contributed by atoms with Crippen LogP contribution in [0.1, 0.15) is 24.9 Å². The molecule has 1 atom stereocenters. The van der Waals surface area contributed by atoms with Gasteiger partial charge in [0.1, 0.15) is 0 Å². The third kappa shape index (κ3) is 4.53. The molecule has 0 radical (unpaired) electrons. The molecular weight excluding hydrogens is 280 g/mol. The van der Waals surface area contributed by atoms with E-state index in [1.165, 1.54) is 17.3 Å². The average molecular weight is 300 g/mol. The van der Waals surface area contributed by atoms with Crippen LogP contribution in [-0.4, -0.2) is 11.7 Å². The summed E-state index contributed by atoms with van der Waals surface area (Å²) >= 11 is 1.47. The minimum atomic E-state index is -0.301. The summed E-state index contributed by atoms with van der Waals surface area (Å²) in [6.45, 7) is 2.16. The Morgan fingerprint density at radius 1 is 1.14 bits per heavy atom. The first-order chi connectivity index (χ1) is 10.2. The zero-order chi connectivity index (χ0) is 15.1. The molecule has 1 unspecified atom stereocenters. The summed E-state index contributed by atoms with van der Waals surface area (Å²) in [6, 6.07) is 18.6. The Hall–Kier alpha value is -1.94. The summed E-state index contributed by atoms with van der Waals surface area (Å²) in [5, 5.41) is 3.56. The molecule has 1 amide bonds. The Morgan fingerprint density at radius 3 is 2.48 bits per heavy atom. The van der Waals surface area contributed by atoms with Crippen LogP contribution in [0.3, 0.4) is 0 Å². The number of primary amides is 1. The molecule has 2 aromatic carbocycles. The van der Waals surface area contributed by atoms with E-state index in [2.05, 4.69) is 24.4 Å². The van der Waals surface area contributed by atoms with Gasteiger partial charge in [-0.3, -0.25) is 4.79 Å². The number of rotatable bonds is 7. The number of amides is 1. The van der Waals surface area contributed by atoms with E-state index in [9.17, 15) is 4.79 Å². The molecule has 0 aliphatic carbocycles. The molecule has 21 heavy (non-hydrogen) atoms. The summed E-state index contributed by atoms with van der Waals surface area (Å²) < 4.78 is 0. The molecule has 0 aromatic heterocycles. The number of carbonyl (C=O) groups excluding carboxylic acids is 1. The van der Waals surface area contributed by atoms with Crippen LogP contribution in [0, 0.1) is 0 Å². The Bertz CT molecular complexity index is 586. The van der Waals surface area contributed by atoms with Crippen molar-refractivity contribution in [2.75, 3.05) is 11.1 Å². The maximum absolute atomic E-state index is 11.0. The number of para-hydroxylation sites is 1.